The van der Waals surface area contributed by atoms with Crippen molar-refractivity contribution in [3.63, 3.8) is 0 Å². The molecule has 17 heavy (non-hydrogen) atoms. The van der Waals surface area contributed by atoms with Crippen molar-refractivity contribution >= 4 is 17.5 Å². The van der Waals surface area contributed by atoms with Gasteiger partial charge in [-0.05, 0) is 37.0 Å². The van der Waals surface area contributed by atoms with Gasteiger partial charge in [0.2, 0.25) is 0 Å². The second kappa shape index (κ2) is 5.36. The highest BCUT2D eigenvalue weighted by Gasteiger charge is 2.21. The first-order valence-corrected chi connectivity index (χ1v) is 5.87. The summed E-state index contributed by atoms with van der Waals surface area (Å²) in [6.07, 6.45) is 2.37. The number of rotatable bonds is 5. The first-order chi connectivity index (χ1) is 8.15. The van der Waals surface area contributed by atoms with Crippen molar-refractivity contribution in [1.29, 1.82) is 0 Å². The van der Waals surface area contributed by atoms with E-state index in [9.17, 15) is 9.18 Å². The molecule has 5 heteroatoms. The molecule has 0 aliphatic heterocycles. The summed E-state index contributed by atoms with van der Waals surface area (Å²) in [5.41, 5.74) is 0. The lowest BCUT2D eigenvalue weighted by molar-refractivity contribution is -0.123. The van der Waals surface area contributed by atoms with Crippen LogP contribution < -0.4 is 10.1 Å². The van der Waals surface area contributed by atoms with E-state index < -0.39 is 5.82 Å². The molecule has 0 saturated heterocycles. The fraction of sp³-hybridized carbons (Fsp3) is 0.417. The largest absolute Gasteiger partial charge is 0.482 e. The normalized spacial score (nSPS) is 14.5. The van der Waals surface area contributed by atoms with Gasteiger partial charge in [-0.15, -0.1) is 0 Å². The van der Waals surface area contributed by atoms with E-state index in [1.165, 1.54) is 25.0 Å². The molecule has 1 amide bonds. The number of hydrogen-bond acceptors (Lipinski definition) is 2. The summed E-state index contributed by atoms with van der Waals surface area (Å²) in [4.78, 5) is 11.4. The second-order valence-electron chi connectivity index (χ2n) is 4.11. The van der Waals surface area contributed by atoms with Crippen molar-refractivity contribution in [3.8, 4) is 5.75 Å². The molecule has 2 rings (SSSR count). The van der Waals surface area contributed by atoms with E-state index in [2.05, 4.69) is 5.32 Å². The quantitative estimate of drug-likeness (QED) is 0.880. The molecule has 0 radical (unpaired) electrons. The molecule has 1 saturated carbocycles. The Morgan fingerprint density at radius 2 is 2.29 bits per heavy atom. The van der Waals surface area contributed by atoms with Crippen molar-refractivity contribution in [3.05, 3.63) is 29.0 Å². The third kappa shape index (κ3) is 3.89. The third-order valence-electron chi connectivity index (χ3n) is 2.54. The Hall–Kier alpha value is -1.29. The van der Waals surface area contributed by atoms with Crippen LogP contribution in [-0.4, -0.2) is 19.1 Å². The maximum atomic E-state index is 12.7. The van der Waals surface area contributed by atoms with Gasteiger partial charge in [0.15, 0.2) is 6.61 Å². The van der Waals surface area contributed by atoms with Gasteiger partial charge >= 0.3 is 0 Å². The lowest BCUT2D eigenvalue weighted by Gasteiger charge is -2.08. The van der Waals surface area contributed by atoms with E-state index in [1.54, 1.807) is 0 Å². The summed E-state index contributed by atoms with van der Waals surface area (Å²) in [7, 11) is 0. The molecular weight excluding hydrogens is 245 g/mol. The van der Waals surface area contributed by atoms with Crippen molar-refractivity contribution in [2.45, 2.75) is 12.8 Å². The maximum absolute atomic E-state index is 12.7. The zero-order valence-corrected chi connectivity index (χ0v) is 9.97. The van der Waals surface area contributed by atoms with E-state index >= 15 is 0 Å². The number of carbonyl (C=O) groups is 1. The zero-order valence-electron chi connectivity index (χ0n) is 9.21. The number of benzene rings is 1. The number of amides is 1. The van der Waals surface area contributed by atoms with Gasteiger partial charge in [-0.3, -0.25) is 4.79 Å². The van der Waals surface area contributed by atoms with E-state index in [-0.39, 0.29) is 17.5 Å². The molecule has 0 spiro atoms. The molecular formula is C12H13ClFNO2. The molecule has 1 N–H and O–H groups in total. The molecule has 1 fully saturated rings. The van der Waals surface area contributed by atoms with Gasteiger partial charge < -0.3 is 10.1 Å². The van der Waals surface area contributed by atoms with Gasteiger partial charge in [-0.25, -0.2) is 4.39 Å². The van der Waals surface area contributed by atoms with Crippen molar-refractivity contribution < 1.29 is 13.9 Å². The zero-order chi connectivity index (χ0) is 12.3. The van der Waals surface area contributed by atoms with E-state index in [0.717, 1.165) is 6.07 Å². The van der Waals surface area contributed by atoms with Crippen molar-refractivity contribution in [2.24, 2.45) is 5.92 Å². The van der Waals surface area contributed by atoms with E-state index in [1.807, 2.05) is 0 Å². The van der Waals surface area contributed by atoms with Crippen LogP contribution in [0.1, 0.15) is 12.8 Å². The van der Waals surface area contributed by atoms with Crippen LogP contribution in [0.25, 0.3) is 0 Å². The van der Waals surface area contributed by atoms with Gasteiger partial charge in [0.25, 0.3) is 5.91 Å². The monoisotopic (exact) mass is 257 g/mol. The topological polar surface area (TPSA) is 38.3 Å². The average molecular weight is 258 g/mol. The fourth-order valence-electron chi connectivity index (χ4n) is 1.37. The number of ether oxygens (including phenoxy) is 1. The highest BCUT2D eigenvalue weighted by Crippen LogP contribution is 2.27. The third-order valence-corrected chi connectivity index (χ3v) is 2.83. The molecule has 1 aromatic rings. The molecule has 1 aromatic carbocycles. The Bertz CT molecular complexity index is 421. The Kier molecular flexibility index (Phi) is 3.84. The molecule has 1 aliphatic carbocycles. The minimum absolute atomic E-state index is 0.0991. The van der Waals surface area contributed by atoms with Crippen LogP contribution in [-0.2, 0) is 4.79 Å². The molecule has 92 valence electrons. The lowest BCUT2D eigenvalue weighted by Crippen LogP contribution is -2.30. The van der Waals surface area contributed by atoms with Gasteiger partial charge in [0, 0.05) is 6.54 Å². The predicted molar refractivity (Wildman–Crippen MR) is 62.6 cm³/mol. The number of nitrogens with one attached hydrogen (secondary N) is 1. The molecule has 0 atom stereocenters. The molecule has 0 aromatic heterocycles. The highest BCUT2D eigenvalue weighted by atomic mass is 35.5. The van der Waals surface area contributed by atoms with Crippen LogP contribution in [0.4, 0.5) is 4.39 Å². The molecule has 0 unspecified atom stereocenters. The summed E-state index contributed by atoms with van der Waals surface area (Å²) in [6.45, 7) is 0.609. The van der Waals surface area contributed by atoms with Crippen LogP contribution >= 0.6 is 11.6 Å². The number of hydrogen-bond donors (Lipinski definition) is 1. The Balaban J connectivity index is 1.77. The SMILES string of the molecule is O=C(COc1ccc(F)cc1Cl)NCC1CC1. The lowest BCUT2D eigenvalue weighted by atomic mass is 10.3. The van der Waals surface area contributed by atoms with Crippen LogP contribution in [0.2, 0.25) is 5.02 Å². The summed E-state index contributed by atoms with van der Waals surface area (Å²) in [5, 5.41) is 2.93. The Morgan fingerprint density at radius 1 is 1.53 bits per heavy atom. The first kappa shape index (κ1) is 12.2. The van der Waals surface area contributed by atoms with Crippen LogP contribution in [0, 0.1) is 11.7 Å². The Morgan fingerprint density at radius 3 is 2.94 bits per heavy atom. The van der Waals surface area contributed by atoms with Gasteiger partial charge in [0.1, 0.15) is 11.6 Å². The fourth-order valence-corrected chi connectivity index (χ4v) is 1.59. The van der Waals surface area contributed by atoms with Gasteiger partial charge in [-0.1, -0.05) is 11.6 Å². The van der Waals surface area contributed by atoms with Crippen LogP contribution in [0.15, 0.2) is 18.2 Å². The van der Waals surface area contributed by atoms with E-state index in [0.29, 0.717) is 18.2 Å². The van der Waals surface area contributed by atoms with Crippen molar-refractivity contribution in [1.82, 2.24) is 5.32 Å². The van der Waals surface area contributed by atoms with Crippen molar-refractivity contribution in [2.75, 3.05) is 13.2 Å². The average Bonchev–Trinajstić information content (AvgIpc) is 3.09. The van der Waals surface area contributed by atoms with Gasteiger partial charge in [-0.2, -0.15) is 0 Å². The Labute approximate surface area is 104 Å². The first-order valence-electron chi connectivity index (χ1n) is 5.49. The molecule has 0 bridgehead atoms. The number of carbonyl (C=O) groups excluding carboxylic acids is 1. The highest BCUT2D eigenvalue weighted by molar-refractivity contribution is 6.32. The minimum atomic E-state index is -0.430. The standard InChI is InChI=1S/C12H13ClFNO2/c13-10-5-9(14)3-4-11(10)17-7-12(16)15-6-8-1-2-8/h3-5,8H,1-2,6-7H2,(H,15,16). The molecule has 0 heterocycles. The number of halogens is 2. The summed E-state index contributed by atoms with van der Waals surface area (Å²) >= 11 is 5.75. The van der Waals surface area contributed by atoms with Crippen LogP contribution in [0.5, 0.6) is 5.75 Å². The van der Waals surface area contributed by atoms with E-state index in [4.69, 9.17) is 16.3 Å². The smallest absolute Gasteiger partial charge is 0.257 e. The summed E-state index contributed by atoms with van der Waals surface area (Å²) in [5.74, 6) is 0.334. The van der Waals surface area contributed by atoms with Crippen LogP contribution in [0.3, 0.4) is 0 Å². The second-order valence-corrected chi connectivity index (χ2v) is 4.52. The summed E-state index contributed by atoms with van der Waals surface area (Å²) in [6, 6.07) is 3.80. The maximum Gasteiger partial charge on any atom is 0.257 e. The molecule has 3 nitrogen and oxygen atoms in total. The van der Waals surface area contributed by atoms with Gasteiger partial charge in [0.05, 0.1) is 5.02 Å². The molecule has 1 aliphatic rings. The summed E-state index contributed by atoms with van der Waals surface area (Å²) < 4.78 is 17.9. The predicted octanol–water partition coefficient (Wildman–Crippen LogP) is 2.38. The minimum Gasteiger partial charge on any atom is -0.482 e.